The summed E-state index contributed by atoms with van der Waals surface area (Å²) in [5.74, 6) is 0.577. The van der Waals surface area contributed by atoms with Crippen molar-refractivity contribution in [3.8, 4) is 0 Å². The maximum Gasteiger partial charge on any atom is 0.233 e. The lowest BCUT2D eigenvalue weighted by atomic mass is 9.56. The van der Waals surface area contributed by atoms with E-state index < -0.39 is 0 Å². The van der Waals surface area contributed by atoms with Crippen LogP contribution in [0.5, 0.6) is 0 Å². The molecule has 0 aromatic carbocycles. The van der Waals surface area contributed by atoms with Crippen molar-refractivity contribution in [3.63, 3.8) is 0 Å². The van der Waals surface area contributed by atoms with Crippen LogP contribution in [0.1, 0.15) is 32.3 Å². The summed E-state index contributed by atoms with van der Waals surface area (Å²) in [6, 6.07) is 2.09. The molecule has 1 amide bonds. The molecule has 3 nitrogen and oxygen atoms in total. The summed E-state index contributed by atoms with van der Waals surface area (Å²) in [7, 11) is 0. The zero-order chi connectivity index (χ0) is 13.2. The van der Waals surface area contributed by atoms with Gasteiger partial charge in [0.2, 0.25) is 5.91 Å². The van der Waals surface area contributed by atoms with Crippen LogP contribution in [0.4, 0.5) is 0 Å². The van der Waals surface area contributed by atoms with Crippen LogP contribution >= 0.6 is 11.3 Å². The monoisotopic (exact) mass is 266 g/mol. The van der Waals surface area contributed by atoms with Gasteiger partial charge < -0.3 is 10.6 Å². The van der Waals surface area contributed by atoms with E-state index in [4.69, 9.17) is 5.73 Å². The Labute approximate surface area is 113 Å². The highest BCUT2D eigenvalue weighted by atomic mass is 32.1. The van der Waals surface area contributed by atoms with Crippen molar-refractivity contribution in [2.24, 2.45) is 11.7 Å². The number of likely N-dealkylation sites (N-methyl/N-ethyl adjacent to an activating group) is 1. The van der Waals surface area contributed by atoms with Gasteiger partial charge in [-0.05, 0) is 61.5 Å². The van der Waals surface area contributed by atoms with Crippen molar-refractivity contribution in [2.75, 3.05) is 19.6 Å². The largest absolute Gasteiger partial charge is 0.342 e. The standard InChI is InChI=1S/C14H22N2OS/c1-3-16(4-2)13(17)14(7-5-11(14)9-15)12-6-8-18-10-12/h6,8,10-11H,3-5,7,9,15H2,1-2H3/t11-,14-/m0/s1. The topological polar surface area (TPSA) is 46.3 Å². The molecule has 0 radical (unpaired) electrons. The van der Waals surface area contributed by atoms with E-state index in [-0.39, 0.29) is 11.3 Å². The van der Waals surface area contributed by atoms with Crippen LogP contribution in [0.15, 0.2) is 16.8 Å². The highest BCUT2D eigenvalue weighted by Crippen LogP contribution is 2.50. The lowest BCUT2D eigenvalue weighted by Crippen LogP contribution is -2.58. The fraction of sp³-hybridized carbons (Fsp3) is 0.643. The molecule has 2 N–H and O–H groups in total. The second kappa shape index (κ2) is 5.41. The number of amides is 1. The van der Waals surface area contributed by atoms with E-state index in [0.717, 1.165) is 25.9 Å². The van der Waals surface area contributed by atoms with Crippen molar-refractivity contribution in [2.45, 2.75) is 32.1 Å². The van der Waals surface area contributed by atoms with E-state index in [1.807, 2.05) is 18.7 Å². The lowest BCUT2D eigenvalue weighted by Gasteiger charge is -2.49. The quantitative estimate of drug-likeness (QED) is 0.888. The van der Waals surface area contributed by atoms with E-state index in [9.17, 15) is 4.79 Å². The molecule has 18 heavy (non-hydrogen) atoms. The fourth-order valence-electron chi connectivity index (χ4n) is 3.05. The molecule has 100 valence electrons. The average Bonchev–Trinajstić information content (AvgIpc) is 2.84. The van der Waals surface area contributed by atoms with Gasteiger partial charge in [-0.25, -0.2) is 0 Å². The SMILES string of the molecule is CCN(CC)C(=O)[C@@]1(c2ccsc2)CC[C@H]1CN. The van der Waals surface area contributed by atoms with Crippen LogP contribution in [0.3, 0.4) is 0 Å². The van der Waals surface area contributed by atoms with Gasteiger partial charge in [0.25, 0.3) is 0 Å². The Morgan fingerprint density at radius 2 is 2.28 bits per heavy atom. The van der Waals surface area contributed by atoms with Crippen molar-refractivity contribution in [3.05, 3.63) is 22.4 Å². The molecular weight excluding hydrogens is 244 g/mol. The molecule has 0 bridgehead atoms. The number of hydrogen-bond donors (Lipinski definition) is 1. The van der Waals surface area contributed by atoms with Gasteiger partial charge in [0, 0.05) is 13.1 Å². The summed E-state index contributed by atoms with van der Waals surface area (Å²) in [5, 5.41) is 4.17. The highest BCUT2D eigenvalue weighted by molar-refractivity contribution is 7.08. The molecule has 1 aliphatic rings. The second-order valence-electron chi connectivity index (χ2n) is 4.93. The van der Waals surface area contributed by atoms with Crippen LogP contribution in [0.25, 0.3) is 0 Å². The van der Waals surface area contributed by atoms with Gasteiger partial charge in [-0.3, -0.25) is 4.79 Å². The first-order valence-corrected chi connectivity index (χ1v) is 7.67. The van der Waals surface area contributed by atoms with Gasteiger partial charge in [0.15, 0.2) is 0 Å². The first-order valence-electron chi connectivity index (χ1n) is 6.72. The Hall–Kier alpha value is -0.870. The Kier molecular flexibility index (Phi) is 4.07. The van der Waals surface area contributed by atoms with Crippen molar-refractivity contribution in [1.82, 2.24) is 4.90 Å². The zero-order valence-electron chi connectivity index (χ0n) is 11.2. The van der Waals surface area contributed by atoms with Crippen LogP contribution in [-0.4, -0.2) is 30.4 Å². The summed E-state index contributed by atoms with van der Waals surface area (Å²) >= 11 is 1.66. The van der Waals surface area contributed by atoms with E-state index in [1.54, 1.807) is 11.3 Å². The number of carbonyl (C=O) groups is 1. The molecule has 0 saturated heterocycles. The number of thiophene rings is 1. The van der Waals surface area contributed by atoms with Crippen LogP contribution in [-0.2, 0) is 10.2 Å². The van der Waals surface area contributed by atoms with Crippen molar-refractivity contribution >= 4 is 17.2 Å². The summed E-state index contributed by atoms with van der Waals surface area (Å²) in [6.07, 6.45) is 2.01. The minimum Gasteiger partial charge on any atom is -0.342 e. The first-order chi connectivity index (χ1) is 8.70. The molecular formula is C14H22N2OS. The van der Waals surface area contributed by atoms with Crippen LogP contribution in [0, 0.1) is 5.92 Å². The normalized spacial score (nSPS) is 26.7. The first kappa shape index (κ1) is 13.6. The van der Waals surface area contributed by atoms with Gasteiger partial charge in [-0.1, -0.05) is 0 Å². The Morgan fingerprint density at radius 3 is 2.67 bits per heavy atom. The molecule has 0 aliphatic heterocycles. The number of rotatable bonds is 5. The Morgan fingerprint density at radius 1 is 1.56 bits per heavy atom. The molecule has 4 heteroatoms. The van der Waals surface area contributed by atoms with Crippen molar-refractivity contribution < 1.29 is 4.79 Å². The number of nitrogens with zero attached hydrogens (tertiary/aromatic N) is 1. The van der Waals surface area contributed by atoms with Crippen molar-refractivity contribution in [1.29, 1.82) is 0 Å². The van der Waals surface area contributed by atoms with E-state index in [2.05, 4.69) is 16.8 Å². The van der Waals surface area contributed by atoms with Gasteiger partial charge in [0.1, 0.15) is 0 Å². The van der Waals surface area contributed by atoms with E-state index in [1.165, 1.54) is 5.56 Å². The minimum absolute atomic E-state index is 0.271. The fourth-order valence-corrected chi connectivity index (χ4v) is 3.79. The predicted molar refractivity (Wildman–Crippen MR) is 75.7 cm³/mol. The maximum absolute atomic E-state index is 12.9. The maximum atomic E-state index is 12.9. The summed E-state index contributed by atoms with van der Waals surface area (Å²) in [6.45, 7) is 6.23. The lowest BCUT2D eigenvalue weighted by molar-refractivity contribution is -0.144. The second-order valence-corrected chi connectivity index (χ2v) is 5.71. The van der Waals surface area contributed by atoms with E-state index in [0.29, 0.717) is 12.5 Å². The van der Waals surface area contributed by atoms with Gasteiger partial charge >= 0.3 is 0 Å². The number of hydrogen-bond acceptors (Lipinski definition) is 3. The molecule has 2 rings (SSSR count). The molecule has 0 spiro atoms. The number of nitrogens with two attached hydrogens (primary N) is 1. The third kappa shape index (κ3) is 1.88. The molecule has 0 unspecified atom stereocenters. The Bertz CT molecular complexity index is 398. The minimum atomic E-state index is -0.333. The smallest absolute Gasteiger partial charge is 0.233 e. The average molecular weight is 266 g/mol. The molecule has 1 aromatic rings. The van der Waals surface area contributed by atoms with Gasteiger partial charge in [-0.2, -0.15) is 11.3 Å². The predicted octanol–water partition coefficient (Wildman–Crippen LogP) is 2.22. The third-order valence-corrected chi connectivity index (χ3v) is 5.02. The highest BCUT2D eigenvalue weighted by Gasteiger charge is 2.54. The molecule has 1 fully saturated rings. The number of carbonyl (C=O) groups excluding carboxylic acids is 1. The summed E-state index contributed by atoms with van der Waals surface area (Å²) in [4.78, 5) is 14.8. The Balaban J connectivity index is 2.35. The van der Waals surface area contributed by atoms with Gasteiger partial charge in [0.05, 0.1) is 5.41 Å². The van der Waals surface area contributed by atoms with E-state index >= 15 is 0 Å². The zero-order valence-corrected chi connectivity index (χ0v) is 12.0. The van der Waals surface area contributed by atoms with Crippen LogP contribution < -0.4 is 5.73 Å². The van der Waals surface area contributed by atoms with Gasteiger partial charge in [-0.15, -0.1) is 0 Å². The summed E-state index contributed by atoms with van der Waals surface area (Å²) in [5.41, 5.74) is 6.71. The molecule has 2 atom stereocenters. The third-order valence-electron chi connectivity index (χ3n) is 4.34. The molecule has 1 heterocycles. The molecule has 1 saturated carbocycles. The molecule has 1 aliphatic carbocycles. The molecule has 1 aromatic heterocycles. The van der Waals surface area contributed by atoms with Crippen LogP contribution in [0.2, 0.25) is 0 Å². The summed E-state index contributed by atoms with van der Waals surface area (Å²) < 4.78 is 0.